The van der Waals surface area contributed by atoms with Gasteiger partial charge in [-0.1, -0.05) is 91.0 Å². The Morgan fingerprint density at radius 1 is 0.551 bits per heavy atom. The summed E-state index contributed by atoms with van der Waals surface area (Å²) in [5.41, 5.74) is 10.4. The fourth-order valence-electron chi connectivity index (χ4n) is 7.92. The van der Waals surface area contributed by atoms with Crippen LogP contribution in [0.25, 0.3) is 105 Å². The molecule has 0 bridgehead atoms. The molecule has 230 valence electrons. The molecule has 0 radical (unpaired) electrons. The predicted molar refractivity (Wildman–Crippen MR) is 201 cm³/mol. The zero-order valence-electron chi connectivity index (χ0n) is 26.4. The fraction of sp³-hybridized carbons (Fsp3) is 0.0455. The van der Waals surface area contributed by atoms with Gasteiger partial charge in [0.1, 0.15) is 22.3 Å². The SMILES string of the molecule is C1=CCCC(n2c3ccccc3c3c4c(ccc32)oc2c(-c3nc(-c5ccccc5)c5ccc6c7ccccc7oc6c5n3)cccc24)=C1. The Kier molecular flexibility index (Phi) is 5.44. The van der Waals surface area contributed by atoms with Gasteiger partial charge in [-0.05, 0) is 61.4 Å². The monoisotopic (exact) mass is 629 g/mol. The highest BCUT2D eigenvalue weighted by atomic mass is 16.3. The van der Waals surface area contributed by atoms with Crippen molar-refractivity contribution in [1.29, 1.82) is 0 Å². The number of furan rings is 2. The number of para-hydroxylation sites is 3. The number of allylic oxidation sites excluding steroid dienone is 4. The summed E-state index contributed by atoms with van der Waals surface area (Å²) in [6, 6.07) is 42.1. The molecule has 11 rings (SSSR count). The highest BCUT2D eigenvalue weighted by Crippen LogP contribution is 2.44. The second-order valence-electron chi connectivity index (χ2n) is 12.8. The van der Waals surface area contributed by atoms with Crippen LogP contribution in [0.3, 0.4) is 0 Å². The van der Waals surface area contributed by atoms with Gasteiger partial charge in [0.25, 0.3) is 0 Å². The van der Waals surface area contributed by atoms with E-state index in [0.717, 1.165) is 84.4 Å². The summed E-state index contributed by atoms with van der Waals surface area (Å²) in [6.45, 7) is 0. The summed E-state index contributed by atoms with van der Waals surface area (Å²) < 4.78 is 15.7. The van der Waals surface area contributed by atoms with E-state index in [0.29, 0.717) is 5.82 Å². The Labute approximate surface area is 280 Å². The molecule has 1 aliphatic rings. The van der Waals surface area contributed by atoms with Crippen LogP contribution in [0.1, 0.15) is 12.8 Å². The summed E-state index contributed by atoms with van der Waals surface area (Å²) in [5, 5.41) is 7.63. The molecule has 5 heteroatoms. The molecule has 5 nitrogen and oxygen atoms in total. The zero-order chi connectivity index (χ0) is 32.1. The lowest BCUT2D eigenvalue weighted by Gasteiger charge is -2.13. The highest BCUT2D eigenvalue weighted by Gasteiger charge is 2.23. The van der Waals surface area contributed by atoms with Crippen molar-refractivity contribution in [2.45, 2.75) is 12.8 Å². The van der Waals surface area contributed by atoms with E-state index in [1.165, 1.54) is 27.5 Å². The van der Waals surface area contributed by atoms with E-state index < -0.39 is 0 Å². The Morgan fingerprint density at radius 3 is 2.24 bits per heavy atom. The molecular weight excluding hydrogens is 603 g/mol. The molecule has 0 unspecified atom stereocenters. The Bertz CT molecular complexity index is 3050. The number of hydrogen-bond acceptors (Lipinski definition) is 4. The van der Waals surface area contributed by atoms with Gasteiger partial charge in [-0.25, -0.2) is 9.97 Å². The van der Waals surface area contributed by atoms with Crippen molar-refractivity contribution in [3.63, 3.8) is 0 Å². The Hall–Kier alpha value is -6.46. The fourth-order valence-corrected chi connectivity index (χ4v) is 7.92. The van der Waals surface area contributed by atoms with E-state index in [2.05, 4.69) is 108 Å². The van der Waals surface area contributed by atoms with Gasteiger partial charge in [0, 0.05) is 49.0 Å². The van der Waals surface area contributed by atoms with E-state index in [1.54, 1.807) is 0 Å². The average Bonchev–Trinajstić information content (AvgIpc) is 3.84. The first kappa shape index (κ1) is 26.6. The molecule has 4 heterocycles. The van der Waals surface area contributed by atoms with Gasteiger partial charge < -0.3 is 13.4 Å². The largest absolute Gasteiger partial charge is 0.455 e. The van der Waals surface area contributed by atoms with Crippen LogP contribution in [0.2, 0.25) is 0 Å². The summed E-state index contributed by atoms with van der Waals surface area (Å²) in [6.07, 6.45) is 8.69. The summed E-state index contributed by atoms with van der Waals surface area (Å²) in [7, 11) is 0. The minimum Gasteiger partial charge on any atom is -0.455 e. The zero-order valence-corrected chi connectivity index (χ0v) is 26.4. The number of fused-ring (bicyclic) bond motifs is 12. The normalized spacial score (nSPS) is 13.6. The van der Waals surface area contributed by atoms with Crippen molar-refractivity contribution < 1.29 is 8.83 Å². The van der Waals surface area contributed by atoms with Crippen LogP contribution in [0.15, 0.2) is 148 Å². The quantitative estimate of drug-likeness (QED) is 0.195. The van der Waals surface area contributed by atoms with E-state index in [9.17, 15) is 0 Å². The van der Waals surface area contributed by atoms with Crippen molar-refractivity contribution in [1.82, 2.24) is 14.5 Å². The first-order chi connectivity index (χ1) is 24.3. The Balaban J connectivity index is 1.23. The van der Waals surface area contributed by atoms with E-state index in [4.69, 9.17) is 18.8 Å². The number of nitrogens with zero attached hydrogens (tertiary/aromatic N) is 3. The maximum absolute atomic E-state index is 6.80. The lowest BCUT2D eigenvalue weighted by Crippen LogP contribution is -1.98. The van der Waals surface area contributed by atoms with Gasteiger partial charge in [-0.3, -0.25) is 0 Å². The van der Waals surface area contributed by atoms with Crippen LogP contribution in [0.5, 0.6) is 0 Å². The predicted octanol–water partition coefficient (Wildman–Crippen LogP) is 12.1. The van der Waals surface area contributed by atoms with Gasteiger partial charge in [0.2, 0.25) is 0 Å². The molecule has 10 aromatic rings. The minimum absolute atomic E-state index is 0.599. The summed E-state index contributed by atoms with van der Waals surface area (Å²) in [4.78, 5) is 10.5. The van der Waals surface area contributed by atoms with Crippen LogP contribution >= 0.6 is 0 Å². The molecule has 0 amide bonds. The van der Waals surface area contributed by atoms with E-state index in [-0.39, 0.29) is 0 Å². The standard InChI is InChI=1S/C44H27N3O2/c1-3-12-26(13-4-1)40-32-23-22-29-28-16-8-10-21-36(28)48-43(29)41(32)46-44(45-40)33-19-11-18-31-39-37(49-42(31)33)25-24-35-38(39)30-17-7-9-20-34(30)47(35)27-14-5-2-6-15-27/h1-5,7-14,16-25H,6,15H2. The summed E-state index contributed by atoms with van der Waals surface area (Å²) in [5.74, 6) is 0.599. The Morgan fingerprint density at radius 2 is 1.35 bits per heavy atom. The molecule has 49 heavy (non-hydrogen) atoms. The minimum atomic E-state index is 0.599. The average molecular weight is 630 g/mol. The van der Waals surface area contributed by atoms with E-state index >= 15 is 0 Å². The highest BCUT2D eigenvalue weighted by molar-refractivity contribution is 6.28. The smallest absolute Gasteiger partial charge is 0.164 e. The van der Waals surface area contributed by atoms with Crippen molar-refractivity contribution in [2.24, 2.45) is 0 Å². The number of aromatic nitrogens is 3. The number of benzene rings is 6. The maximum atomic E-state index is 6.80. The van der Waals surface area contributed by atoms with Crippen molar-refractivity contribution >= 4 is 82.3 Å². The molecule has 0 N–H and O–H groups in total. The third-order valence-electron chi connectivity index (χ3n) is 10.1. The molecule has 0 spiro atoms. The van der Waals surface area contributed by atoms with Crippen molar-refractivity contribution in [2.75, 3.05) is 0 Å². The lowest BCUT2D eigenvalue weighted by molar-refractivity contribution is 0.669. The summed E-state index contributed by atoms with van der Waals surface area (Å²) >= 11 is 0. The lowest BCUT2D eigenvalue weighted by atomic mass is 10.0. The van der Waals surface area contributed by atoms with Crippen molar-refractivity contribution in [3.05, 3.63) is 140 Å². The van der Waals surface area contributed by atoms with Crippen LogP contribution in [-0.2, 0) is 0 Å². The molecule has 0 saturated heterocycles. The van der Waals surface area contributed by atoms with Crippen LogP contribution < -0.4 is 0 Å². The van der Waals surface area contributed by atoms with Gasteiger partial charge in [0.05, 0.1) is 22.3 Å². The van der Waals surface area contributed by atoms with Crippen LogP contribution in [0, 0.1) is 0 Å². The van der Waals surface area contributed by atoms with Gasteiger partial charge >= 0.3 is 0 Å². The second kappa shape index (κ2) is 10.0. The number of hydrogen-bond donors (Lipinski definition) is 0. The molecule has 1 aliphatic carbocycles. The first-order valence-electron chi connectivity index (χ1n) is 16.7. The third kappa shape index (κ3) is 3.75. The molecule has 0 aliphatic heterocycles. The maximum Gasteiger partial charge on any atom is 0.164 e. The van der Waals surface area contributed by atoms with E-state index in [1.807, 2.05) is 36.4 Å². The molecule has 0 atom stereocenters. The molecule has 0 saturated carbocycles. The van der Waals surface area contributed by atoms with Crippen LogP contribution in [-0.4, -0.2) is 14.5 Å². The molecule has 4 aromatic heterocycles. The van der Waals surface area contributed by atoms with Gasteiger partial charge in [-0.2, -0.15) is 0 Å². The first-order valence-corrected chi connectivity index (χ1v) is 16.7. The molecular formula is C44H27N3O2. The number of rotatable bonds is 3. The van der Waals surface area contributed by atoms with Crippen LogP contribution in [0.4, 0.5) is 0 Å². The van der Waals surface area contributed by atoms with Crippen molar-refractivity contribution in [3.8, 4) is 22.6 Å². The van der Waals surface area contributed by atoms with Gasteiger partial charge in [0.15, 0.2) is 11.4 Å². The molecule has 0 fully saturated rings. The van der Waals surface area contributed by atoms with Gasteiger partial charge in [-0.15, -0.1) is 0 Å². The third-order valence-corrected chi connectivity index (χ3v) is 10.1. The molecule has 6 aromatic carbocycles. The second-order valence-corrected chi connectivity index (χ2v) is 12.8. The topological polar surface area (TPSA) is 57.0 Å².